The van der Waals surface area contributed by atoms with Crippen LogP contribution >= 0.6 is 0 Å². The second-order valence-electron chi connectivity index (χ2n) is 4.46. The molecule has 2 aliphatic rings. The van der Waals surface area contributed by atoms with E-state index in [-0.39, 0.29) is 17.6 Å². The number of ether oxygens (including phenoxy) is 3. The van der Waals surface area contributed by atoms with E-state index in [9.17, 15) is 9.59 Å². The Morgan fingerprint density at radius 1 is 1.33 bits per heavy atom. The molecule has 0 aromatic heterocycles. The molecule has 100 valence electrons. The molecule has 1 aliphatic carbocycles. The molecule has 0 amide bonds. The summed E-state index contributed by atoms with van der Waals surface area (Å²) in [7, 11) is 1.30. The molecule has 0 atom stereocenters. The molecule has 18 heavy (non-hydrogen) atoms. The molecule has 0 bridgehead atoms. The van der Waals surface area contributed by atoms with E-state index in [1.165, 1.54) is 7.11 Å². The molecule has 1 saturated heterocycles. The minimum atomic E-state index is -0.516. The molecule has 0 aromatic rings. The fourth-order valence-electron chi connectivity index (χ4n) is 2.32. The zero-order valence-electron chi connectivity index (χ0n) is 10.6. The number of Topliss-reactive ketones (excluding diaryl/α,β-unsaturated/α-hetero) is 1. The number of ketones is 1. The second kappa shape index (κ2) is 6.11. The van der Waals surface area contributed by atoms with E-state index >= 15 is 0 Å². The number of carbonyl (C=O) groups excluding carboxylic acids is 2. The largest absolute Gasteiger partial charge is 0.465 e. The first-order valence-corrected chi connectivity index (χ1v) is 6.29. The van der Waals surface area contributed by atoms with E-state index in [2.05, 4.69) is 4.74 Å². The van der Waals surface area contributed by atoms with E-state index in [1.807, 2.05) is 0 Å². The summed E-state index contributed by atoms with van der Waals surface area (Å²) < 4.78 is 15.5. The predicted octanol–water partition coefficient (Wildman–Crippen LogP) is 1.36. The Labute approximate surface area is 106 Å². The SMILES string of the molecule is COC(=O)C1=C(CCC2OCCCO2)CCC1=O. The lowest BCUT2D eigenvalue weighted by Gasteiger charge is -2.23. The van der Waals surface area contributed by atoms with E-state index < -0.39 is 5.97 Å². The first-order valence-electron chi connectivity index (χ1n) is 6.29. The van der Waals surface area contributed by atoms with Gasteiger partial charge in [-0.05, 0) is 19.3 Å². The molecule has 0 spiro atoms. The number of hydrogen-bond donors (Lipinski definition) is 0. The van der Waals surface area contributed by atoms with Gasteiger partial charge in [-0.2, -0.15) is 0 Å². The van der Waals surface area contributed by atoms with Crippen LogP contribution in [0.1, 0.15) is 32.1 Å². The topological polar surface area (TPSA) is 61.8 Å². The maximum absolute atomic E-state index is 11.6. The monoisotopic (exact) mass is 254 g/mol. The molecule has 0 aromatic carbocycles. The van der Waals surface area contributed by atoms with Crippen molar-refractivity contribution < 1.29 is 23.8 Å². The van der Waals surface area contributed by atoms with Crippen LogP contribution < -0.4 is 0 Å². The van der Waals surface area contributed by atoms with Crippen molar-refractivity contribution in [1.82, 2.24) is 0 Å². The number of methoxy groups -OCH3 is 1. The van der Waals surface area contributed by atoms with Crippen molar-refractivity contribution in [2.75, 3.05) is 20.3 Å². The zero-order valence-corrected chi connectivity index (χ0v) is 10.6. The number of esters is 1. The fourth-order valence-corrected chi connectivity index (χ4v) is 2.32. The van der Waals surface area contributed by atoms with Gasteiger partial charge in [0.2, 0.25) is 0 Å². The molecule has 0 radical (unpaired) electrons. The Balaban J connectivity index is 1.95. The Bertz CT molecular complexity index is 366. The smallest absolute Gasteiger partial charge is 0.341 e. The third-order valence-electron chi connectivity index (χ3n) is 3.25. The molecule has 0 unspecified atom stereocenters. The maximum atomic E-state index is 11.6. The van der Waals surface area contributed by atoms with Gasteiger partial charge < -0.3 is 14.2 Å². The summed E-state index contributed by atoms with van der Waals surface area (Å²) in [5, 5.41) is 0. The van der Waals surface area contributed by atoms with Crippen molar-refractivity contribution in [3.8, 4) is 0 Å². The average Bonchev–Trinajstić information content (AvgIpc) is 2.78. The van der Waals surface area contributed by atoms with E-state index in [4.69, 9.17) is 9.47 Å². The van der Waals surface area contributed by atoms with Crippen LogP contribution in [0.2, 0.25) is 0 Å². The molecule has 2 rings (SSSR count). The summed E-state index contributed by atoms with van der Waals surface area (Å²) in [6.45, 7) is 1.43. The summed E-state index contributed by atoms with van der Waals surface area (Å²) in [6, 6.07) is 0. The van der Waals surface area contributed by atoms with Crippen LogP contribution in [0.3, 0.4) is 0 Å². The summed E-state index contributed by atoms with van der Waals surface area (Å²) in [5.41, 5.74) is 1.12. The Morgan fingerprint density at radius 2 is 2.06 bits per heavy atom. The molecular formula is C13H18O5. The van der Waals surface area contributed by atoms with Gasteiger partial charge in [0.1, 0.15) is 5.57 Å². The van der Waals surface area contributed by atoms with E-state index in [0.717, 1.165) is 12.0 Å². The van der Waals surface area contributed by atoms with Crippen LogP contribution in [-0.4, -0.2) is 38.4 Å². The summed E-state index contributed by atoms with van der Waals surface area (Å²) in [4.78, 5) is 23.1. The predicted molar refractivity (Wildman–Crippen MR) is 62.8 cm³/mol. The summed E-state index contributed by atoms with van der Waals surface area (Å²) in [6.07, 6.45) is 3.11. The molecule has 0 N–H and O–H groups in total. The summed E-state index contributed by atoms with van der Waals surface area (Å²) >= 11 is 0. The standard InChI is InChI=1S/C13H18O5/c1-16-13(15)12-9(3-5-10(12)14)4-6-11-17-7-2-8-18-11/h11H,2-8H2,1H3. The van der Waals surface area contributed by atoms with Crippen LogP contribution in [-0.2, 0) is 23.8 Å². The first kappa shape index (κ1) is 13.2. The van der Waals surface area contributed by atoms with Gasteiger partial charge in [-0.1, -0.05) is 5.57 Å². The van der Waals surface area contributed by atoms with Crippen LogP contribution in [0.15, 0.2) is 11.1 Å². The highest BCUT2D eigenvalue weighted by molar-refractivity contribution is 6.19. The highest BCUT2D eigenvalue weighted by atomic mass is 16.7. The molecule has 0 saturated carbocycles. The minimum absolute atomic E-state index is 0.109. The quantitative estimate of drug-likeness (QED) is 0.560. The van der Waals surface area contributed by atoms with Gasteiger partial charge >= 0.3 is 5.97 Å². The van der Waals surface area contributed by atoms with Gasteiger partial charge in [0.25, 0.3) is 0 Å². The normalized spacial score (nSPS) is 21.5. The van der Waals surface area contributed by atoms with Crippen molar-refractivity contribution >= 4 is 11.8 Å². The Kier molecular flexibility index (Phi) is 4.49. The molecule has 5 nitrogen and oxygen atoms in total. The lowest BCUT2D eigenvalue weighted by atomic mass is 10.1. The van der Waals surface area contributed by atoms with Crippen LogP contribution in [0.25, 0.3) is 0 Å². The van der Waals surface area contributed by atoms with E-state index in [0.29, 0.717) is 38.9 Å². The van der Waals surface area contributed by atoms with Gasteiger partial charge in [0.05, 0.1) is 20.3 Å². The van der Waals surface area contributed by atoms with Crippen molar-refractivity contribution in [3.05, 3.63) is 11.1 Å². The molecule has 5 heteroatoms. The maximum Gasteiger partial charge on any atom is 0.341 e. The van der Waals surface area contributed by atoms with Crippen molar-refractivity contribution in [3.63, 3.8) is 0 Å². The van der Waals surface area contributed by atoms with Crippen molar-refractivity contribution in [2.45, 2.75) is 38.4 Å². The molecule has 1 aliphatic heterocycles. The lowest BCUT2D eigenvalue weighted by molar-refractivity contribution is -0.180. The molecular weight excluding hydrogens is 236 g/mol. The fraction of sp³-hybridized carbons (Fsp3) is 0.692. The van der Waals surface area contributed by atoms with Crippen LogP contribution in [0.5, 0.6) is 0 Å². The van der Waals surface area contributed by atoms with Gasteiger partial charge in [0, 0.05) is 12.8 Å². The Morgan fingerprint density at radius 3 is 2.72 bits per heavy atom. The number of carbonyl (C=O) groups is 2. The van der Waals surface area contributed by atoms with Gasteiger partial charge in [-0.3, -0.25) is 4.79 Å². The first-order chi connectivity index (χ1) is 8.72. The van der Waals surface area contributed by atoms with E-state index in [1.54, 1.807) is 0 Å². The zero-order chi connectivity index (χ0) is 13.0. The molecule has 1 heterocycles. The minimum Gasteiger partial charge on any atom is -0.465 e. The van der Waals surface area contributed by atoms with Crippen molar-refractivity contribution in [2.24, 2.45) is 0 Å². The Hall–Kier alpha value is -1.20. The number of rotatable bonds is 4. The van der Waals surface area contributed by atoms with Crippen LogP contribution in [0.4, 0.5) is 0 Å². The van der Waals surface area contributed by atoms with Crippen molar-refractivity contribution in [1.29, 1.82) is 0 Å². The van der Waals surface area contributed by atoms with Crippen LogP contribution in [0, 0.1) is 0 Å². The third-order valence-corrected chi connectivity index (χ3v) is 3.25. The highest BCUT2D eigenvalue weighted by Gasteiger charge is 2.29. The number of hydrogen-bond acceptors (Lipinski definition) is 5. The third kappa shape index (κ3) is 2.97. The lowest BCUT2D eigenvalue weighted by Crippen LogP contribution is -2.24. The summed E-state index contributed by atoms with van der Waals surface area (Å²) in [5.74, 6) is -0.625. The highest BCUT2D eigenvalue weighted by Crippen LogP contribution is 2.28. The average molecular weight is 254 g/mol. The number of allylic oxidation sites excluding steroid dienone is 1. The second-order valence-corrected chi connectivity index (χ2v) is 4.46. The van der Waals surface area contributed by atoms with Gasteiger partial charge in [-0.15, -0.1) is 0 Å². The van der Waals surface area contributed by atoms with Gasteiger partial charge in [-0.25, -0.2) is 4.79 Å². The van der Waals surface area contributed by atoms with Gasteiger partial charge in [0.15, 0.2) is 12.1 Å². The molecule has 1 fully saturated rings.